The van der Waals surface area contributed by atoms with E-state index in [1.54, 1.807) is 0 Å². The third-order valence-corrected chi connectivity index (χ3v) is 4.67. The molecule has 22 heavy (non-hydrogen) atoms. The maximum atomic E-state index is 13.0. The lowest BCUT2D eigenvalue weighted by atomic mass is 9.82. The van der Waals surface area contributed by atoms with E-state index in [9.17, 15) is 4.39 Å². The van der Waals surface area contributed by atoms with Crippen LogP contribution in [0.3, 0.4) is 0 Å². The summed E-state index contributed by atoms with van der Waals surface area (Å²) < 4.78 is 13.0. The lowest BCUT2D eigenvalue weighted by Gasteiger charge is -2.38. The van der Waals surface area contributed by atoms with E-state index in [1.807, 2.05) is 12.1 Å². The first kappa shape index (κ1) is 17.3. The molecule has 0 bridgehead atoms. The van der Waals surface area contributed by atoms with Gasteiger partial charge in [0, 0.05) is 31.9 Å². The summed E-state index contributed by atoms with van der Waals surface area (Å²) in [5.74, 6) is 1.16. The number of halogens is 2. The number of hydrogen-bond donors (Lipinski definition) is 1. The van der Waals surface area contributed by atoms with E-state index in [4.69, 9.17) is 5.73 Å². The van der Waals surface area contributed by atoms with Crippen molar-refractivity contribution in [3.8, 4) is 0 Å². The maximum Gasteiger partial charge on any atom is 0.191 e. The first-order valence-corrected chi connectivity index (χ1v) is 7.72. The van der Waals surface area contributed by atoms with Gasteiger partial charge in [0.2, 0.25) is 0 Å². The van der Waals surface area contributed by atoms with Crippen molar-refractivity contribution in [3.05, 3.63) is 30.1 Å². The van der Waals surface area contributed by atoms with Gasteiger partial charge in [-0.3, -0.25) is 0 Å². The number of nitrogens with two attached hydrogens (primary N) is 1. The molecule has 1 saturated heterocycles. The van der Waals surface area contributed by atoms with E-state index in [1.165, 1.54) is 18.6 Å². The molecule has 1 aliphatic heterocycles. The molecule has 0 spiro atoms. The SMILES string of the molecule is CC1CCC1N=C(N)N1CCN(c2ccc(F)cc2)CC1.I. The molecule has 2 fully saturated rings. The van der Waals surface area contributed by atoms with Crippen molar-refractivity contribution in [2.75, 3.05) is 31.1 Å². The zero-order valence-electron chi connectivity index (χ0n) is 12.9. The summed E-state index contributed by atoms with van der Waals surface area (Å²) in [5, 5.41) is 0. The molecule has 1 heterocycles. The molecule has 1 saturated carbocycles. The average Bonchev–Trinajstić information content (AvgIpc) is 2.52. The standard InChI is InChI=1S/C16H23FN4.HI/c1-12-2-7-15(12)19-16(18)21-10-8-20(9-11-21)14-5-3-13(17)4-6-14;/h3-6,12,15H,2,7-11H2,1H3,(H2,18,19);1H. The van der Waals surface area contributed by atoms with E-state index in [0.717, 1.165) is 38.3 Å². The van der Waals surface area contributed by atoms with Crippen LogP contribution in [0.15, 0.2) is 29.3 Å². The molecule has 0 radical (unpaired) electrons. The molecule has 2 N–H and O–H groups in total. The Hall–Kier alpha value is -1.05. The van der Waals surface area contributed by atoms with Crippen molar-refractivity contribution in [1.82, 2.24) is 4.90 Å². The normalized spacial score (nSPS) is 25.5. The van der Waals surface area contributed by atoms with E-state index in [0.29, 0.717) is 17.9 Å². The smallest absolute Gasteiger partial charge is 0.191 e. The number of aliphatic imine (C=N–C) groups is 1. The van der Waals surface area contributed by atoms with Gasteiger partial charge in [-0.05, 0) is 43.0 Å². The lowest BCUT2D eigenvalue weighted by Crippen LogP contribution is -2.51. The summed E-state index contributed by atoms with van der Waals surface area (Å²) in [5.41, 5.74) is 7.20. The second-order valence-corrected chi connectivity index (χ2v) is 6.06. The number of anilines is 1. The van der Waals surface area contributed by atoms with Crippen molar-refractivity contribution in [2.45, 2.75) is 25.8 Å². The Bertz CT molecular complexity index is 511. The number of guanidine groups is 1. The van der Waals surface area contributed by atoms with Crippen molar-refractivity contribution < 1.29 is 4.39 Å². The summed E-state index contributed by atoms with van der Waals surface area (Å²) in [4.78, 5) is 9.07. The Morgan fingerprint density at radius 1 is 1.14 bits per heavy atom. The van der Waals surface area contributed by atoms with Crippen LogP contribution in [0.2, 0.25) is 0 Å². The van der Waals surface area contributed by atoms with Gasteiger partial charge in [-0.1, -0.05) is 6.92 Å². The Labute approximate surface area is 148 Å². The fourth-order valence-corrected chi connectivity index (χ4v) is 2.94. The molecule has 2 unspecified atom stereocenters. The van der Waals surface area contributed by atoms with Gasteiger partial charge in [-0.15, -0.1) is 24.0 Å². The first-order valence-electron chi connectivity index (χ1n) is 7.72. The molecular weight excluding hydrogens is 394 g/mol. The molecule has 1 aromatic rings. The zero-order chi connectivity index (χ0) is 14.8. The van der Waals surface area contributed by atoms with E-state index in [2.05, 4.69) is 21.7 Å². The second-order valence-electron chi connectivity index (χ2n) is 6.06. The minimum atomic E-state index is -0.191. The van der Waals surface area contributed by atoms with Gasteiger partial charge in [-0.2, -0.15) is 0 Å². The predicted octanol–water partition coefficient (Wildman–Crippen LogP) is 2.68. The van der Waals surface area contributed by atoms with Gasteiger partial charge >= 0.3 is 0 Å². The summed E-state index contributed by atoms with van der Waals surface area (Å²) in [6.07, 6.45) is 2.43. The minimum absolute atomic E-state index is 0. The molecule has 1 aromatic carbocycles. The minimum Gasteiger partial charge on any atom is -0.370 e. The molecule has 2 aliphatic rings. The zero-order valence-corrected chi connectivity index (χ0v) is 15.2. The van der Waals surface area contributed by atoms with Gasteiger partial charge in [-0.25, -0.2) is 9.38 Å². The highest BCUT2D eigenvalue weighted by Gasteiger charge is 2.27. The van der Waals surface area contributed by atoms with Crippen LogP contribution in [0.1, 0.15) is 19.8 Å². The molecule has 122 valence electrons. The molecule has 0 aromatic heterocycles. The van der Waals surface area contributed by atoms with Crippen LogP contribution in [0.25, 0.3) is 0 Å². The van der Waals surface area contributed by atoms with Gasteiger partial charge in [0.25, 0.3) is 0 Å². The van der Waals surface area contributed by atoms with Gasteiger partial charge in [0.05, 0.1) is 6.04 Å². The largest absolute Gasteiger partial charge is 0.370 e. The molecule has 0 amide bonds. The van der Waals surface area contributed by atoms with Crippen LogP contribution in [0.5, 0.6) is 0 Å². The Morgan fingerprint density at radius 2 is 1.77 bits per heavy atom. The second kappa shape index (κ2) is 7.48. The Kier molecular flexibility index (Phi) is 5.88. The van der Waals surface area contributed by atoms with E-state index < -0.39 is 0 Å². The van der Waals surface area contributed by atoms with Crippen molar-refractivity contribution in [2.24, 2.45) is 16.6 Å². The molecule has 4 nitrogen and oxygen atoms in total. The van der Waals surface area contributed by atoms with Crippen LogP contribution in [0.4, 0.5) is 10.1 Å². The summed E-state index contributed by atoms with van der Waals surface area (Å²) in [6, 6.07) is 7.10. The number of hydrogen-bond acceptors (Lipinski definition) is 2. The lowest BCUT2D eigenvalue weighted by molar-refractivity contribution is 0.278. The highest BCUT2D eigenvalue weighted by molar-refractivity contribution is 14.0. The predicted molar refractivity (Wildman–Crippen MR) is 99.4 cm³/mol. The maximum absolute atomic E-state index is 13.0. The topological polar surface area (TPSA) is 44.9 Å². The van der Waals surface area contributed by atoms with E-state index >= 15 is 0 Å². The number of piperazine rings is 1. The Morgan fingerprint density at radius 3 is 2.27 bits per heavy atom. The number of rotatable bonds is 2. The molecule has 1 aliphatic carbocycles. The summed E-state index contributed by atoms with van der Waals surface area (Å²) in [6.45, 7) is 5.75. The first-order chi connectivity index (χ1) is 10.1. The molecule has 6 heteroatoms. The average molecular weight is 418 g/mol. The van der Waals surface area contributed by atoms with Crippen molar-refractivity contribution >= 4 is 35.6 Å². The van der Waals surface area contributed by atoms with Crippen molar-refractivity contribution in [3.63, 3.8) is 0 Å². The third-order valence-electron chi connectivity index (χ3n) is 4.67. The van der Waals surface area contributed by atoms with Gasteiger partial charge in [0.15, 0.2) is 5.96 Å². The summed E-state index contributed by atoms with van der Waals surface area (Å²) in [7, 11) is 0. The van der Waals surface area contributed by atoms with Crippen LogP contribution >= 0.6 is 24.0 Å². The third kappa shape index (κ3) is 3.83. The number of benzene rings is 1. The Balaban J connectivity index is 0.00000176. The monoisotopic (exact) mass is 418 g/mol. The fraction of sp³-hybridized carbons (Fsp3) is 0.562. The van der Waals surface area contributed by atoms with Gasteiger partial charge in [0.1, 0.15) is 5.82 Å². The van der Waals surface area contributed by atoms with Crippen LogP contribution < -0.4 is 10.6 Å². The fourth-order valence-electron chi connectivity index (χ4n) is 2.94. The number of nitrogens with zero attached hydrogens (tertiary/aromatic N) is 3. The molecule has 2 atom stereocenters. The van der Waals surface area contributed by atoms with Gasteiger partial charge < -0.3 is 15.5 Å². The quantitative estimate of drug-likeness (QED) is 0.457. The summed E-state index contributed by atoms with van der Waals surface area (Å²) >= 11 is 0. The highest BCUT2D eigenvalue weighted by Crippen LogP contribution is 2.29. The van der Waals surface area contributed by atoms with Crippen molar-refractivity contribution in [1.29, 1.82) is 0 Å². The highest BCUT2D eigenvalue weighted by atomic mass is 127. The molecular formula is C16H24FIN4. The van der Waals surface area contributed by atoms with Crippen LogP contribution in [-0.2, 0) is 0 Å². The van der Waals surface area contributed by atoms with Crippen LogP contribution in [0, 0.1) is 11.7 Å². The van der Waals surface area contributed by atoms with E-state index in [-0.39, 0.29) is 29.8 Å². The van der Waals surface area contributed by atoms with Crippen LogP contribution in [-0.4, -0.2) is 43.1 Å². The molecule has 3 rings (SSSR count).